The second-order valence-corrected chi connectivity index (χ2v) is 8.48. The minimum atomic E-state index is -0.428. The molecule has 3 fully saturated rings. The molecule has 0 unspecified atom stereocenters. The first-order valence-electron chi connectivity index (χ1n) is 9.50. The van der Waals surface area contributed by atoms with E-state index in [2.05, 4.69) is 4.90 Å². The van der Waals surface area contributed by atoms with Crippen LogP contribution in [-0.2, 0) is 16.1 Å². The SMILES string of the molecule is CC(=O)N1C[C@H]2CN(Cc3ccc(Cl)cc3)C[C@@]2(C(=O)N2CCCC2)C1. The predicted molar refractivity (Wildman–Crippen MR) is 101 cm³/mol. The maximum Gasteiger partial charge on any atom is 0.232 e. The number of likely N-dealkylation sites (tertiary alicyclic amines) is 3. The Morgan fingerprint density at radius 2 is 1.77 bits per heavy atom. The first-order valence-corrected chi connectivity index (χ1v) is 9.87. The van der Waals surface area contributed by atoms with Gasteiger partial charge in [-0.25, -0.2) is 0 Å². The number of amides is 2. The van der Waals surface area contributed by atoms with Crippen LogP contribution in [0.25, 0.3) is 0 Å². The fourth-order valence-electron chi connectivity index (χ4n) is 4.92. The molecule has 0 saturated carbocycles. The van der Waals surface area contributed by atoms with Crippen LogP contribution in [0, 0.1) is 11.3 Å². The number of fused-ring (bicyclic) bond motifs is 1. The van der Waals surface area contributed by atoms with Crippen LogP contribution in [-0.4, -0.2) is 65.8 Å². The summed E-state index contributed by atoms with van der Waals surface area (Å²) in [6, 6.07) is 7.92. The molecule has 3 aliphatic rings. The zero-order chi connectivity index (χ0) is 18.3. The molecule has 0 aliphatic carbocycles. The Morgan fingerprint density at radius 3 is 2.42 bits per heavy atom. The number of hydrogen-bond acceptors (Lipinski definition) is 3. The average molecular weight is 376 g/mol. The van der Waals surface area contributed by atoms with Crippen LogP contribution in [0.2, 0.25) is 5.02 Å². The Balaban J connectivity index is 1.54. The van der Waals surface area contributed by atoms with E-state index in [1.54, 1.807) is 6.92 Å². The molecular weight excluding hydrogens is 350 g/mol. The molecule has 0 aromatic heterocycles. The highest BCUT2D eigenvalue weighted by Crippen LogP contribution is 2.45. The van der Waals surface area contributed by atoms with Gasteiger partial charge in [-0.1, -0.05) is 23.7 Å². The van der Waals surface area contributed by atoms with Crippen LogP contribution in [0.4, 0.5) is 0 Å². The molecule has 4 rings (SSSR count). The summed E-state index contributed by atoms with van der Waals surface area (Å²) in [5, 5.41) is 0.741. The van der Waals surface area contributed by atoms with Crippen molar-refractivity contribution in [3.8, 4) is 0 Å². The molecule has 140 valence electrons. The Kier molecular flexibility index (Phi) is 4.70. The van der Waals surface area contributed by atoms with Crippen molar-refractivity contribution in [3.63, 3.8) is 0 Å². The monoisotopic (exact) mass is 375 g/mol. The summed E-state index contributed by atoms with van der Waals surface area (Å²) in [5.41, 5.74) is 0.782. The van der Waals surface area contributed by atoms with E-state index in [4.69, 9.17) is 11.6 Å². The second kappa shape index (κ2) is 6.86. The Labute approximate surface area is 159 Å². The molecule has 3 heterocycles. The van der Waals surface area contributed by atoms with Gasteiger partial charge in [0.2, 0.25) is 11.8 Å². The fourth-order valence-corrected chi connectivity index (χ4v) is 5.04. The molecule has 0 spiro atoms. The van der Waals surface area contributed by atoms with E-state index in [-0.39, 0.29) is 17.7 Å². The van der Waals surface area contributed by atoms with E-state index < -0.39 is 5.41 Å². The molecule has 3 aliphatic heterocycles. The molecule has 2 atom stereocenters. The summed E-state index contributed by atoms with van der Waals surface area (Å²) < 4.78 is 0. The number of carbonyl (C=O) groups excluding carboxylic acids is 2. The van der Waals surface area contributed by atoms with Crippen molar-refractivity contribution in [2.45, 2.75) is 26.3 Å². The molecule has 0 bridgehead atoms. The average Bonchev–Trinajstić information content (AvgIpc) is 3.30. The Morgan fingerprint density at radius 1 is 1.08 bits per heavy atom. The summed E-state index contributed by atoms with van der Waals surface area (Å²) in [6.45, 7) is 7.04. The van der Waals surface area contributed by atoms with Crippen molar-refractivity contribution in [2.24, 2.45) is 11.3 Å². The predicted octanol–water partition coefficient (Wildman–Crippen LogP) is 2.24. The zero-order valence-electron chi connectivity index (χ0n) is 15.3. The Hall–Kier alpha value is -1.59. The van der Waals surface area contributed by atoms with E-state index in [9.17, 15) is 9.59 Å². The lowest BCUT2D eigenvalue weighted by Gasteiger charge is -2.32. The molecule has 0 radical (unpaired) electrons. The summed E-state index contributed by atoms with van der Waals surface area (Å²) in [6.07, 6.45) is 2.19. The van der Waals surface area contributed by atoms with Crippen LogP contribution >= 0.6 is 11.6 Å². The molecule has 6 heteroatoms. The van der Waals surface area contributed by atoms with Crippen molar-refractivity contribution in [3.05, 3.63) is 34.9 Å². The number of halogens is 1. The van der Waals surface area contributed by atoms with E-state index in [0.717, 1.165) is 50.6 Å². The van der Waals surface area contributed by atoms with Gasteiger partial charge in [0.05, 0.1) is 5.41 Å². The molecule has 5 nitrogen and oxygen atoms in total. The zero-order valence-corrected chi connectivity index (χ0v) is 16.0. The molecule has 3 saturated heterocycles. The van der Waals surface area contributed by atoms with Crippen molar-refractivity contribution in [1.82, 2.24) is 14.7 Å². The molecule has 1 aromatic carbocycles. The topological polar surface area (TPSA) is 43.9 Å². The third kappa shape index (κ3) is 3.12. The maximum absolute atomic E-state index is 13.4. The third-order valence-corrected chi connectivity index (χ3v) is 6.52. The van der Waals surface area contributed by atoms with E-state index in [0.29, 0.717) is 13.1 Å². The summed E-state index contributed by atoms with van der Waals surface area (Å²) in [7, 11) is 0. The number of hydrogen-bond donors (Lipinski definition) is 0. The molecule has 26 heavy (non-hydrogen) atoms. The Bertz CT molecular complexity index is 702. The minimum Gasteiger partial charge on any atom is -0.342 e. The number of carbonyl (C=O) groups is 2. The smallest absolute Gasteiger partial charge is 0.232 e. The lowest BCUT2D eigenvalue weighted by molar-refractivity contribution is -0.141. The fraction of sp³-hybridized carbons (Fsp3) is 0.600. The van der Waals surface area contributed by atoms with Gasteiger partial charge >= 0.3 is 0 Å². The largest absolute Gasteiger partial charge is 0.342 e. The quantitative estimate of drug-likeness (QED) is 0.813. The lowest BCUT2D eigenvalue weighted by Crippen LogP contribution is -2.49. The third-order valence-electron chi connectivity index (χ3n) is 6.26. The van der Waals surface area contributed by atoms with Crippen molar-refractivity contribution >= 4 is 23.4 Å². The van der Waals surface area contributed by atoms with E-state index in [1.165, 1.54) is 5.56 Å². The van der Waals surface area contributed by atoms with Gasteiger partial charge in [-0.3, -0.25) is 14.5 Å². The first kappa shape index (κ1) is 17.8. The van der Waals surface area contributed by atoms with Crippen molar-refractivity contribution in [1.29, 1.82) is 0 Å². The highest BCUT2D eigenvalue weighted by Gasteiger charge is 2.58. The molecule has 1 aromatic rings. The van der Waals surface area contributed by atoms with Gasteiger partial charge in [-0.05, 0) is 30.5 Å². The number of rotatable bonds is 3. The summed E-state index contributed by atoms with van der Waals surface area (Å²) in [5.74, 6) is 0.575. The second-order valence-electron chi connectivity index (χ2n) is 8.05. The standard InChI is InChI=1S/C20H26ClN3O2/c1-15(25)24-12-17-11-22(10-16-4-6-18(21)7-5-16)13-20(17,14-24)19(26)23-8-2-3-9-23/h4-7,17H,2-3,8-14H2,1H3/t17-,20-/m1/s1. The summed E-state index contributed by atoms with van der Waals surface area (Å²) in [4.78, 5) is 31.6. The minimum absolute atomic E-state index is 0.0808. The van der Waals surface area contributed by atoms with Crippen LogP contribution in [0.5, 0.6) is 0 Å². The molecular formula is C20H26ClN3O2. The van der Waals surface area contributed by atoms with Gasteiger partial charge in [-0.15, -0.1) is 0 Å². The van der Waals surface area contributed by atoms with Gasteiger partial charge in [0.15, 0.2) is 0 Å². The number of nitrogens with zero attached hydrogens (tertiary/aromatic N) is 3. The molecule has 0 N–H and O–H groups in total. The first-order chi connectivity index (χ1) is 12.5. The van der Waals surface area contributed by atoms with Gasteiger partial charge in [-0.2, -0.15) is 0 Å². The number of benzene rings is 1. The maximum atomic E-state index is 13.4. The molecule has 2 amide bonds. The highest BCUT2D eigenvalue weighted by atomic mass is 35.5. The van der Waals surface area contributed by atoms with Gasteiger partial charge in [0.25, 0.3) is 0 Å². The normalized spacial score (nSPS) is 28.6. The van der Waals surface area contributed by atoms with Crippen molar-refractivity contribution in [2.75, 3.05) is 39.3 Å². The van der Waals surface area contributed by atoms with Gasteiger partial charge in [0.1, 0.15) is 0 Å². The van der Waals surface area contributed by atoms with Crippen molar-refractivity contribution < 1.29 is 9.59 Å². The van der Waals surface area contributed by atoms with Crippen LogP contribution in [0.1, 0.15) is 25.3 Å². The van der Waals surface area contributed by atoms with Gasteiger partial charge < -0.3 is 9.80 Å². The van der Waals surface area contributed by atoms with Crippen LogP contribution in [0.15, 0.2) is 24.3 Å². The highest BCUT2D eigenvalue weighted by molar-refractivity contribution is 6.30. The van der Waals surface area contributed by atoms with Crippen LogP contribution < -0.4 is 0 Å². The van der Waals surface area contributed by atoms with Crippen LogP contribution in [0.3, 0.4) is 0 Å². The van der Waals surface area contributed by atoms with Gasteiger partial charge in [0, 0.05) is 63.7 Å². The van der Waals surface area contributed by atoms with E-state index >= 15 is 0 Å². The summed E-state index contributed by atoms with van der Waals surface area (Å²) >= 11 is 5.99. The van der Waals surface area contributed by atoms with E-state index in [1.807, 2.05) is 34.1 Å². The lowest BCUT2D eigenvalue weighted by atomic mass is 9.79.